The first kappa shape index (κ1) is 8.00. The van der Waals surface area contributed by atoms with Crippen LogP contribution in [0.1, 0.15) is 0 Å². The molecule has 5 heteroatoms. The molecule has 62 valence electrons. The highest BCUT2D eigenvalue weighted by atomic mass is 16.5. The lowest BCUT2D eigenvalue weighted by Crippen LogP contribution is -3.15. The van der Waals surface area contributed by atoms with Crippen LogP contribution < -0.4 is 10.0 Å². The van der Waals surface area contributed by atoms with Crippen molar-refractivity contribution in [1.82, 2.24) is 0 Å². The standard InChI is InChI=1S/C6H9NO4/c8-5(9)3-7-1-2-11-6(10)4-7/h1-4H2,(H,8,9). The Bertz CT molecular complexity index is 177. The second-order valence-electron chi connectivity index (χ2n) is 2.45. The van der Waals surface area contributed by atoms with Gasteiger partial charge in [0.2, 0.25) is 0 Å². The smallest absolute Gasteiger partial charge is 0.361 e. The fourth-order valence-electron chi connectivity index (χ4n) is 1.01. The van der Waals surface area contributed by atoms with Crippen molar-refractivity contribution in [3.8, 4) is 0 Å². The summed E-state index contributed by atoms with van der Waals surface area (Å²) >= 11 is 0. The number of rotatable bonds is 2. The van der Waals surface area contributed by atoms with Gasteiger partial charge in [-0.3, -0.25) is 0 Å². The lowest BCUT2D eigenvalue weighted by atomic mass is 10.4. The second-order valence-corrected chi connectivity index (χ2v) is 2.45. The van der Waals surface area contributed by atoms with Gasteiger partial charge in [-0.05, 0) is 0 Å². The number of aliphatic carboxylic acids is 1. The predicted molar refractivity (Wildman–Crippen MR) is 31.5 cm³/mol. The molecule has 0 radical (unpaired) electrons. The highest BCUT2D eigenvalue weighted by Crippen LogP contribution is 1.77. The van der Waals surface area contributed by atoms with Crippen molar-refractivity contribution in [2.75, 3.05) is 26.2 Å². The fourth-order valence-corrected chi connectivity index (χ4v) is 1.01. The topological polar surface area (TPSA) is 70.9 Å². The summed E-state index contributed by atoms with van der Waals surface area (Å²) in [5.41, 5.74) is 0. The number of carbonyl (C=O) groups excluding carboxylic acids is 2. The van der Waals surface area contributed by atoms with Crippen molar-refractivity contribution < 1.29 is 24.3 Å². The lowest BCUT2D eigenvalue weighted by Gasteiger charge is -2.22. The average Bonchev–Trinajstić information content (AvgIpc) is 1.85. The number of carboxylic acids is 1. The molecule has 1 aliphatic rings. The lowest BCUT2D eigenvalue weighted by molar-refractivity contribution is -0.891. The van der Waals surface area contributed by atoms with Gasteiger partial charge < -0.3 is 19.5 Å². The molecule has 1 N–H and O–H groups in total. The fraction of sp³-hybridized carbons (Fsp3) is 0.667. The van der Waals surface area contributed by atoms with Gasteiger partial charge in [-0.1, -0.05) is 0 Å². The molecular weight excluding hydrogens is 150 g/mol. The molecule has 1 rings (SSSR count). The summed E-state index contributed by atoms with van der Waals surface area (Å²) in [5.74, 6) is -1.47. The molecule has 0 aromatic heterocycles. The number of hydrogen-bond acceptors (Lipinski definition) is 4. The number of quaternary nitrogens is 1. The van der Waals surface area contributed by atoms with Gasteiger partial charge in [0.25, 0.3) is 0 Å². The predicted octanol–water partition coefficient (Wildman–Crippen LogP) is -3.82. The van der Waals surface area contributed by atoms with Crippen LogP contribution >= 0.6 is 0 Å². The Balaban J connectivity index is 2.34. The summed E-state index contributed by atoms with van der Waals surface area (Å²) in [7, 11) is 0. The molecule has 1 saturated heterocycles. The van der Waals surface area contributed by atoms with Gasteiger partial charge in [-0.15, -0.1) is 0 Å². The van der Waals surface area contributed by atoms with Crippen molar-refractivity contribution in [3.63, 3.8) is 0 Å². The molecule has 1 atom stereocenters. The van der Waals surface area contributed by atoms with Crippen LogP contribution in [0, 0.1) is 0 Å². The van der Waals surface area contributed by atoms with Gasteiger partial charge >= 0.3 is 5.97 Å². The highest BCUT2D eigenvalue weighted by molar-refractivity contribution is 5.71. The summed E-state index contributed by atoms with van der Waals surface area (Å²) in [6.45, 7) is 0.879. The summed E-state index contributed by atoms with van der Waals surface area (Å²) in [4.78, 5) is 21.4. The van der Waals surface area contributed by atoms with E-state index in [-0.39, 0.29) is 19.1 Å². The first-order valence-corrected chi connectivity index (χ1v) is 3.37. The SMILES string of the molecule is O=C([O-])C[NH+]1CCOC(=O)C1. The first-order valence-electron chi connectivity index (χ1n) is 3.37. The minimum absolute atomic E-state index is 0.116. The number of nitrogens with one attached hydrogen (secondary N) is 1. The largest absolute Gasteiger partial charge is 0.544 e. The Kier molecular flexibility index (Phi) is 2.43. The number of hydrogen-bond donors (Lipinski definition) is 1. The molecule has 1 fully saturated rings. The van der Waals surface area contributed by atoms with E-state index in [1.54, 1.807) is 0 Å². The maximum atomic E-state index is 10.6. The normalized spacial score (nSPS) is 24.4. The number of carboxylic acid groups (broad SMARTS) is 1. The van der Waals surface area contributed by atoms with Gasteiger partial charge in [0.15, 0.2) is 6.54 Å². The molecule has 1 unspecified atom stereocenters. The van der Waals surface area contributed by atoms with Gasteiger partial charge in [0.05, 0.1) is 5.97 Å². The zero-order valence-corrected chi connectivity index (χ0v) is 5.96. The quantitative estimate of drug-likeness (QED) is 0.419. The Labute approximate surface area is 63.5 Å². The van der Waals surface area contributed by atoms with E-state index in [1.165, 1.54) is 0 Å². The van der Waals surface area contributed by atoms with Crippen LogP contribution in [0.4, 0.5) is 0 Å². The Morgan fingerprint density at radius 2 is 2.45 bits per heavy atom. The molecule has 0 bridgehead atoms. The zero-order chi connectivity index (χ0) is 8.27. The summed E-state index contributed by atoms with van der Waals surface area (Å²) < 4.78 is 4.62. The molecule has 5 nitrogen and oxygen atoms in total. The monoisotopic (exact) mass is 159 g/mol. The molecule has 0 aliphatic carbocycles. The van der Waals surface area contributed by atoms with Crippen molar-refractivity contribution in [2.24, 2.45) is 0 Å². The van der Waals surface area contributed by atoms with Crippen LogP contribution in [0.15, 0.2) is 0 Å². The van der Waals surface area contributed by atoms with E-state index in [0.29, 0.717) is 18.1 Å². The Hall–Kier alpha value is -1.10. The van der Waals surface area contributed by atoms with Crippen LogP contribution in [-0.2, 0) is 14.3 Å². The van der Waals surface area contributed by atoms with E-state index in [4.69, 9.17) is 0 Å². The van der Waals surface area contributed by atoms with Crippen molar-refractivity contribution in [1.29, 1.82) is 0 Å². The Morgan fingerprint density at radius 3 is 3.00 bits per heavy atom. The van der Waals surface area contributed by atoms with Crippen molar-refractivity contribution >= 4 is 11.9 Å². The van der Waals surface area contributed by atoms with Gasteiger partial charge in [-0.2, -0.15) is 0 Å². The molecule has 1 aliphatic heterocycles. The molecule has 0 saturated carbocycles. The van der Waals surface area contributed by atoms with E-state index in [1.807, 2.05) is 0 Å². The average molecular weight is 159 g/mol. The van der Waals surface area contributed by atoms with Gasteiger partial charge in [0.1, 0.15) is 19.7 Å². The number of morpholine rings is 1. The summed E-state index contributed by atoms with van der Waals surface area (Å²) in [6, 6.07) is 0. The number of ether oxygens (including phenoxy) is 1. The number of cyclic esters (lactones) is 1. The summed E-state index contributed by atoms with van der Waals surface area (Å²) in [6.07, 6.45) is 0. The van der Waals surface area contributed by atoms with E-state index < -0.39 is 5.97 Å². The minimum atomic E-state index is -1.13. The maximum absolute atomic E-state index is 10.6. The summed E-state index contributed by atoms with van der Waals surface area (Å²) in [5, 5.41) is 10.1. The van der Waals surface area contributed by atoms with Crippen LogP contribution in [0.25, 0.3) is 0 Å². The highest BCUT2D eigenvalue weighted by Gasteiger charge is 2.20. The van der Waals surface area contributed by atoms with E-state index in [9.17, 15) is 14.7 Å². The van der Waals surface area contributed by atoms with E-state index in [0.717, 1.165) is 0 Å². The van der Waals surface area contributed by atoms with Crippen molar-refractivity contribution in [2.45, 2.75) is 0 Å². The molecule has 0 amide bonds. The number of esters is 1. The van der Waals surface area contributed by atoms with Crippen LogP contribution in [0.3, 0.4) is 0 Å². The van der Waals surface area contributed by atoms with Crippen LogP contribution in [0.2, 0.25) is 0 Å². The third-order valence-electron chi connectivity index (χ3n) is 1.51. The van der Waals surface area contributed by atoms with E-state index >= 15 is 0 Å². The minimum Gasteiger partial charge on any atom is -0.544 e. The van der Waals surface area contributed by atoms with Gasteiger partial charge in [-0.25, -0.2) is 4.79 Å². The third-order valence-corrected chi connectivity index (χ3v) is 1.51. The molecule has 0 spiro atoms. The van der Waals surface area contributed by atoms with Gasteiger partial charge in [0, 0.05) is 0 Å². The van der Waals surface area contributed by atoms with Crippen LogP contribution in [0.5, 0.6) is 0 Å². The van der Waals surface area contributed by atoms with Crippen LogP contribution in [-0.4, -0.2) is 38.2 Å². The zero-order valence-electron chi connectivity index (χ0n) is 5.96. The molecule has 1 heterocycles. The number of carbonyl (C=O) groups is 2. The Morgan fingerprint density at radius 1 is 1.73 bits per heavy atom. The molecule has 11 heavy (non-hydrogen) atoms. The third kappa shape index (κ3) is 2.55. The molecule has 0 aromatic carbocycles. The second kappa shape index (κ2) is 3.34. The van der Waals surface area contributed by atoms with E-state index in [2.05, 4.69) is 4.74 Å². The molecule has 0 aromatic rings. The molecular formula is C6H9NO4. The first-order chi connectivity index (χ1) is 5.18. The maximum Gasteiger partial charge on any atom is 0.361 e. The van der Waals surface area contributed by atoms with Crippen molar-refractivity contribution in [3.05, 3.63) is 0 Å².